The van der Waals surface area contributed by atoms with Crippen LogP contribution in [0.5, 0.6) is 0 Å². The van der Waals surface area contributed by atoms with E-state index in [1.54, 1.807) is 0 Å². The fraction of sp³-hybridized carbons (Fsp3) is 0.438. The summed E-state index contributed by atoms with van der Waals surface area (Å²) >= 11 is 0. The van der Waals surface area contributed by atoms with Gasteiger partial charge in [-0.15, -0.1) is 0 Å². The van der Waals surface area contributed by atoms with Crippen LogP contribution in [0.2, 0.25) is 0 Å². The summed E-state index contributed by atoms with van der Waals surface area (Å²) in [5, 5.41) is 4.80. The minimum Gasteiger partial charge on any atom is -0.384 e. The smallest absolute Gasteiger partial charge is 0.0757 e. The van der Waals surface area contributed by atoms with Gasteiger partial charge >= 0.3 is 0 Å². The molecule has 0 amide bonds. The van der Waals surface area contributed by atoms with Crippen molar-refractivity contribution < 1.29 is 0 Å². The molecule has 2 rings (SSSR count). The minimum atomic E-state index is 1.01. The Morgan fingerprint density at radius 3 is 2.44 bits per heavy atom. The number of anilines is 1. The fourth-order valence-electron chi connectivity index (χ4n) is 2.26. The van der Waals surface area contributed by atoms with Crippen molar-refractivity contribution in [3.05, 3.63) is 34.5 Å². The molecule has 0 atom stereocenters. The summed E-state index contributed by atoms with van der Waals surface area (Å²) < 4.78 is 0. The van der Waals surface area contributed by atoms with Crippen LogP contribution in [0.25, 0.3) is 10.9 Å². The van der Waals surface area contributed by atoms with Gasteiger partial charge in [-0.05, 0) is 50.8 Å². The van der Waals surface area contributed by atoms with Crippen LogP contribution in [0.3, 0.4) is 0 Å². The van der Waals surface area contributed by atoms with Gasteiger partial charge in [0.15, 0.2) is 0 Å². The lowest BCUT2D eigenvalue weighted by atomic mass is 10.0. The van der Waals surface area contributed by atoms with Gasteiger partial charge < -0.3 is 5.32 Å². The fourth-order valence-corrected chi connectivity index (χ4v) is 2.26. The van der Waals surface area contributed by atoms with Crippen molar-refractivity contribution in [1.29, 1.82) is 0 Å². The molecule has 0 aliphatic carbocycles. The molecular formula is C16H22N2. The average Bonchev–Trinajstić information content (AvgIpc) is 2.35. The monoisotopic (exact) mass is 242 g/mol. The standard InChI is InChI=1S/C16H22N2/c1-6-9-17-15-12(4)13(5)18-16-11(3)10(2)7-8-14(15)16/h7-8H,6,9H2,1-5H3,(H,17,18). The quantitative estimate of drug-likeness (QED) is 0.868. The van der Waals surface area contributed by atoms with E-state index in [-0.39, 0.29) is 0 Å². The Labute approximate surface area is 109 Å². The highest BCUT2D eigenvalue weighted by atomic mass is 14.9. The van der Waals surface area contributed by atoms with Crippen LogP contribution in [0.15, 0.2) is 12.1 Å². The molecule has 1 aromatic carbocycles. The van der Waals surface area contributed by atoms with Crippen molar-refractivity contribution in [3.8, 4) is 0 Å². The lowest BCUT2D eigenvalue weighted by Gasteiger charge is -2.16. The molecule has 1 aromatic heterocycles. The Balaban J connectivity index is 2.73. The predicted molar refractivity (Wildman–Crippen MR) is 79.5 cm³/mol. The number of pyridine rings is 1. The number of benzene rings is 1. The van der Waals surface area contributed by atoms with E-state index < -0.39 is 0 Å². The molecule has 96 valence electrons. The third-order valence-electron chi connectivity index (χ3n) is 3.72. The molecule has 0 saturated carbocycles. The summed E-state index contributed by atoms with van der Waals surface area (Å²) in [7, 11) is 0. The summed E-state index contributed by atoms with van der Waals surface area (Å²) in [5.41, 5.74) is 7.36. The first kappa shape index (κ1) is 12.9. The van der Waals surface area contributed by atoms with Crippen molar-refractivity contribution in [2.75, 3.05) is 11.9 Å². The van der Waals surface area contributed by atoms with E-state index in [1.165, 1.54) is 27.8 Å². The zero-order valence-electron chi connectivity index (χ0n) is 12.0. The Morgan fingerprint density at radius 2 is 1.78 bits per heavy atom. The second-order valence-corrected chi connectivity index (χ2v) is 5.03. The second kappa shape index (κ2) is 4.97. The Hall–Kier alpha value is -1.57. The van der Waals surface area contributed by atoms with Gasteiger partial charge in [0.1, 0.15) is 0 Å². The molecule has 0 spiro atoms. The number of nitrogens with zero attached hydrogens (tertiary/aromatic N) is 1. The largest absolute Gasteiger partial charge is 0.384 e. The lowest BCUT2D eigenvalue weighted by molar-refractivity contribution is 0.977. The molecular weight excluding hydrogens is 220 g/mol. The van der Waals surface area contributed by atoms with Gasteiger partial charge in [-0.2, -0.15) is 0 Å². The zero-order chi connectivity index (χ0) is 13.3. The topological polar surface area (TPSA) is 24.9 Å². The number of hydrogen-bond donors (Lipinski definition) is 1. The summed E-state index contributed by atoms with van der Waals surface area (Å²) in [4.78, 5) is 4.76. The summed E-state index contributed by atoms with van der Waals surface area (Å²) in [6.45, 7) is 11.7. The average molecular weight is 242 g/mol. The molecule has 2 nitrogen and oxygen atoms in total. The molecule has 0 aliphatic heterocycles. The van der Waals surface area contributed by atoms with Crippen LogP contribution in [-0.4, -0.2) is 11.5 Å². The van der Waals surface area contributed by atoms with E-state index in [0.717, 1.165) is 24.2 Å². The number of rotatable bonds is 3. The lowest BCUT2D eigenvalue weighted by Crippen LogP contribution is -2.05. The van der Waals surface area contributed by atoms with Crippen molar-refractivity contribution in [2.45, 2.75) is 41.0 Å². The zero-order valence-corrected chi connectivity index (χ0v) is 12.0. The molecule has 18 heavy (non-hydrogen) atoms. The summed E-state index contributed by atoms with van der Waals surface area (Å²) in [6, 6.07) is 4.38. The molecule has 2 aromatic rings. The molecule has 1 N–H and O–H groups in total. The number of hydrogen-bond acceptors (Lipinski definition) is 2. The van der Waals surface area contributed by atoms with Gasteiger partial charge in [-0.3, -0.25) is 4.98 Å². The van der Waals surface area contributed by atoms with E-state index >= 15 is 0 Å². The highest BCUT2D eigenvalue weighted by Gasteiger charge is 2.11. The van der Waals surface area contributed by atoms with E-state index in [0.29, 0.717) is 0 Å². The highest BCUT2D eigenvalue weighted by molar-refractivity contribution is 5.95. The summed E-state index contributed by atoms with van der Waals surface area (Å²) in [6.07, 6.45) is 1.13. The second-order valence-electron chi connectivity index (χ2n) is 5.03. The van der Waals surface area contributed by atoms with Crippen molar-refractivity contribution in [1.82, 2.24) is 4.98 Å². The maximum absolute atomic E-state index is 4.76. The van der Waals surface area contributed by atoms with Gasteiger partial charge in [0.05, 0.1) is 5.52 Å². The Bertz CT molecular complexity index is 585. The number of fused-ring (bicyclic) bond motifs is 1. The van der Waals surface area contributed by atoms with Gasteiger partial charge in [-0.25, -0.2) is 0 Å². The predicted octanol–water partition coefficient (Wildman–Crippen LogP) is 4.29. The molecule has 0 saturated heterocycles. The number of aryl methyl sites for hydroxylation is 3. The maximum atomic E-state index is 4.76. The van der Waals surface area contributed by atoms with Crippen LogP contribution in [0, 0.1) is 27.7 Å². The van der Waals surface area contributed by atoms with Crippen LogP contribution >= 0.6 is 0 Å². The first-order valence-corrected chi connectivity index (χ1v) is 6.67. The van der Waals surface area contributed by atoms with Gasteiger partial charge in [0.25, 0.3) is 0 Å². The van der Waals surface area contributed by atoms with Gasteiger partial charge in [-0.1, -0.05) is 19.1 Å². The molecule has 0 aliphatic rings. The molecule has 2 heteroatoms. The van der Waals surface area contributed by atoms with E-state index in [1.807, 2.05) is 0 Å². The number of nitrogens with one attached hydrogen (secondary N) is 1. The molecule has 0 fully saturated rings. The van der Waals surface area contributed by atoms with E-state index in [2.05, 4.69) is 52.1 Å². The van der Waals surface area contributed by atoms with Crippen LogP contribution in [-0.2, 0) is 0 Å². The molecule has 1 heterocycles. The Kier molecular flexibility index (Phi) is 3.55. The SMILES string of the molecule is CCCNc1c(C)c(C)nc2c(C)c(C)ccc12. The maximum Gasteiger partial charge on any atom is 0.0757 e. The van der Waals surface area contributed by atoms with Gasteiger partial charge in [0.2, 0.25) is 0 Å². The highest BCUT2D eigenvalue weighted by Crippen LogP contribution is 2.30. The van der Waals surface area contributed by atoms with Crippen molar-refractivity contribution >= 4 is 16.6 Å². The first-order chi connectivity index (χ1) is 8.56. The first-order valence-electron chi connectivity index (χ1n) is 6.67. The van der Waals surface area contributed by atoms with E-state index in [4.69, 9.17) is 4.98 Å². The summed E-state index contributed by atoms with van der Waals surface area (Å²) in [5.74, 6) is 0. The third-order valence-corrected chi connectivity index (χ3v) is 3.72. The normalized spacial score (nSPS) is 10.9. The van der Waals surface area contributed by atoms with Crippen molar-refractivity contribution in [3.63, 3.8) is 0 Å². The van der Waals surface area contributed by atoms with Crippen molar-refractivity contribution in [2.24, 2.45) is 0 Å². The Morgan fingerprint density at radius 1 is 1.06 bits per heavy atom. The number of aromatic nitrogens is 1. The van der Waals surface area contributed by atoms with Crippen LogP contribution < -0.4 is 5.32 Å². The van der Waals surface area contributed by atoms with Crippen LogP contribution in [0.4, 0.5) is 5.69 Å². The van der Waals surface area contributed by atoms with Crippen LogP contribution in [0.1, 0.15) is 35.7 Å². The van der Waals surface area contributed by atoms with E-state index in [9.17, 15) is 0 Å². The minimum absolute atomic E-state index is 1.01. The third kappa shape index (κ3) is 2.07. The van der Waals surface area contributed by atoms with Gasteiger partial charge in [0, 0.05) is 23.3 Å². The molecule has 0 bridgehead atoms. The molecule has 0 unspecified atom stereocenters. The molecule has 0 radical (unpaired) electrons.